The molecule has 0 bridgehead atoms. The number of carbonyl (C=O) groups excluding carboxylic acids is 1. The standard InChI is InChI=1S/C22H21N3O5S/c1-16-5-3-7-20(13-16)24(31(2,29)30)15-17-9-11-18(12-10-17)22(26)23-19-6-4-8-21(14-19)25(27)28/h3-14H,15H2,1-2H3,(H,23,26). The van der Waals surface area contributed by atoms with Gasteiger partial charge in [-0.2, -0.15) is 0 Å². The van der Waals surface area contributed by atoms with Gasteiger partial charge in [-0.3, -0.25) is 19.2 Å². The van der Waals surface area contributed by atoms with E-state index < -0.39 is 20.9 Å². The van der Waals surface area contributed by atoms with E-state index in [2.05, 4.69) is 5.32 Å². The summed E-state index contributed by atoms with van der Waals surface area (Å²) in [6, 6.07) is 19.4. The SMILES string of the molecule is Cc1cccc(N(Cc2ccc(C(=O)Nc3cccc([N+](=O)[O-])c3)cc2)S(C)(=O)=O)c1. The molecule has 0 fully saturated rings. The maximum atomic E-state index is 12.5. The highest BCUT2D eigenvalue weighted by molar-refractivity contribution is 7.92. The molecule has 0 heterocycles. The lowest BCUT2D eigenvalue weighted by atomic mass is 10.1. The highest BCUT2D eigenvalue weighted by Crippen LogP contribution is 2.22. The molecule has 0 aliphatic rings. The molecule has 0 unspecified atom stereocenters. The molecule has 0 saturated heterocycles. The topological polar surface area (TPSA) is 110 Å². The number of rotatable bonds is 7. The Morgan fingerprint density at radius 1 is 1.03 bits per heavy atom. The maximum absolute atomic E-state index is 12.5. The van der Waals surface area contributed by atoms with Gasteiger partial charge in [0.2, 0.25) is 10.0 Å². The highest BCUT2D eigenvalue weighted by Gasteiger charge is 2.18. The van der Waals surface area contributed by atoms with Gasteiger partial charge in [-0.05, 0) is 48.4 Å². The summed E-state index contributed by atoms with van der Waals surface area (Å²) in [5, 5.41) is 13.5. The van der Waals surface area contributed by atoms with Crippen molar-refractivity contribution in [1.29, 1.82) is 0 Å². The Labute approximate surface area is 180 Å². The Hall–Kier alpha value is -3.72. The van der Waals surface area contributed by atoms with Crippen molar-refractivity contribution >= 4 is 33.0 Å². The molecule has 3 rings (SSSR count). The van der Waals surface area contributed by atoms with Crippen LogP contribution in [0.2, 0.25) is 0 Å². The van der Waals surface area contributed by atoms with Crippen LogP contribution in [0.4, 0.5) is 17.1 Å². The number of carbonyl (C=O) groups is 1. The van der Waals surface area contributed by atoms with Crippen molar-refractivity contribution in [3.8, 4) is 0 Å². The number of hydrogen-bond donors (Lipinski definition) is 1. The van der Waals surface area contributed by atoms with Crippen LogP contribution in [-0.2, 0) is 16.6 Å². The molecule has 1 N–H and O–H groups in total. The first-order chi connectivity index (χ1) is 14.6. The largest absolute Gasteiger partial charge is 0.322 e. The van der Waals surface area contributed by atoms with Crippen molar-refractivity contribution in [1.82, 2.24) is 0 Å². The lowest BCUT2D eigenvalue weighted by molar-refractivity contribution is -0.384. The molecule has 0 aliphatic carbocycles. The predicted molar refractivity (Wildman–Crippen MR) is 120 cm³/mol. The minimum Gasteiger partial charge on any atom is -0.322 e. The molecule has 0 spiro atoms. The van der Waals surface area contributed by atoms with E-state index in [1.165, 1.54) is 22.5 Å². The Balaban J connectivity index is 1.76. The van der Waals surface area contributed by atoms with Crippen molar-refractivity contribution in [2.45, 2.75) is 13.5 Å². The van der Waals surface area contributed by atoms with E-state index in [1.807, 2.05) is 13.0 Å². The van der Waals surface area contributed by atoms with Gasteiger partial charge in [-0.1, -0.05) is 30.3 Å². The van der Waals surface area contributed by atoms with Gasteiger partial charge in [0.25, 0.3) is 11.6 Å². The van der Waals surface area contributed by atoms with Gasteiger partial charge in [-0.25, -0.2) is 8.42 Å². The second-order valence-corrected chi connectivity index (χ2v) is 8.97. The van der Waals surface area contributed by atoms with Gasteiger partial charge < -0.3 is 5.32 Å². The normalized spacial score (nSPS) is 11.0. The minimum absolute atomic E-state index is 0.120. The van der Waals surface area contributed by atoms with Crippen molar-refractivity contribution in [2.75, 3.05) is 15.9 Å². The van der Waals surface area contributed by atoms with E-state index in [4.69, 9.17) is 0 Å². The van der Waals surface area contributed by atoms with Crippen LogP contribution in [0.5, 0.6) is 0 Å². The lowest BCUT2D eigenvalue weighted by Gasteiger charge is -2.23. The second-order valence-electron chi connectivity index (χ2n) is 7.07. The molecule has 3 aromatic carbocycles. The van der Waals surface area contributed by atoms with E-state index in [-0.39, 0.29) is 12.2 Å². The third kappa shape index (κ3) is 5.67. The van der Waals surface area contributed by atoms with Crippen LogP contribution in [0.15, 0.2) is 72.8 Å². The molecule has 0 aromatic heterocycles. The number of aryl methyl sites for hydroxylation is 1. The smallest absolute Gasteiger partial charge is 0.271 e. The summed E-state index contributed by atoms with van der Waals surface area (Å²) >= 11 is 0. The number of nitrogens with zero attached hydrogens (tertiary/aromatic N) is 2. The molecule has 0 saturated carbocycles. The lowest BCUT2D eigenvalue weighted by Crippen LogP contribution is -2.29. The second kappa shape index (κ2) is 8.97. The van der Waals surface area contributed by atoms with Crippen LogP contribution in [0, 0.1) is 17.0 Å². The van der Waals surface area contributed by atoms with Gasteiger partial charge in [0, 0.05) is 23.4 Å². The van der Waals surface area contributed by atoms with Crippen molar-refractivity contribution < 1.29 is 18.1 Å². The van der Waals surface area contributed by atoms with Crippen LogP contribution in [0.1, 0.15) is 21.5 Å². The van der Waals surface area contributed by atoms with Gasteiger partial charge in [0.05, 0.1) is 23.4 Å². The first-order valence-electron chi connectivity index (χ1n) is 9.32. The molecule has 3 aromatic rings. The van der Waals surface area contributed by atoms with Crippen molar-refractivity contribution in [2.24, 2.45) is 0 Å². The molecule has 0 radical (unpaired) electrons. The Morgan fingerprint density at radius 2 is 1.71 bits per heavy atom. The maximum Gasteiger partial charge on any atom is 0.271 e. The zero-order chi connectivity index (χ0) is 22.6. The number of amides is 1. The van der Waals surface area contributed by atoms with Crippen molar-refractivity contribution in [3.63, 3.8) is 0 Å². The summed E-state index contributed by atoms with van der Waals surface area (Å²) in [7, 11) is -3.51. The van der Waals surface area contributed by atoms with Gasteiger partial charge >= 0.3 is 0 Å². The van der Waals surface area contributed by atoms with Gasteiger partial charge in [0.15, 0.2) is 0 Å². The minimum atomic E-state index is -3.51. The highest BCUT2D eigenvalue weighted by atomic mass is 32.2. The van der Waals surface area contributed by atoms with Crippen LogP contribution in [0.25, 0.3) is 0 Å². The summed E-state index contributed by atoms with van der Waals surface area (Å²) in [5.41, 5.74) is 2.75. The number of benzene rings is 3. The number of hydrogen-bond acceptors (Lipinski definition) is 5. The zero-order valence-electron chi connectivity index (χ0n) is 17.0. The number of anilines is 2. The first-order valence-corrected chi connectivity index (χ1v) is 11.2. The predicted octanol–water partition coefficient (Wildman–Crippen LogP) is 4.12. The van der Waals surface area contributed by atoms with E-state index in [1.54, 1.807) is 48.5 Å². The molecular formula is C22H21N3O5S. The average molecular weight is 439 g/mol. The molecular weight excluding hydrogens is 418 g/mol. The third-order valence-electron chi connectivity index (χ3n) is 4.55. The van der Waals surface area contributed by atoms with Crippen LogP contribution in [0.3, 0.4) is 0 Å². The number of non-ortho nitro benzene ring substituents is 1. The average Bonchev–Trinajstić information content (AvgIpc) is 2.71. The fraction of sp³-hybridized carbons (Fsp3) is 0.136. The zero-order valence-corrected chi connectivity index (χ0v) is 17.8. The van der Waals surface area contributed by atoms with Crippen molar-refractivity contribution in [3.05, 3.63) is 99.6 Å². The fourth-order valence-electron chi connectivity index (χ4n) is 3.01. The Kier molecular flexibility index (Phi) is 6.36. The summed E-state index contributed by atoms with van der Waals surface area (Å²) in [6.45, 7) is 2.01. The molecule has 8 nitrogen and oxygen atoms in total. The summed E-state index contributed by atoms with van der Waals surface area (Å²) in [6.07, 6.45) is 1.15. The molecule has 0 atom stereocenters. The van der Waals surface area contributed by atoms with Crippen LogP contribution < -0.4 is 9.62 Å². The molecule has 1 amide bonds. The van der Waals surface area contributed by atoms with Gasteiger partial charge in [0.1, 0.15) is 0 Å². The fourth-order valence-corrected chi connectivity index (χ4v) is 3.89. The summed E-state index contributed by atoms with van der Waals surface area (Å²) in [5.74, 6) is -0.425. The first kappa shape index (κ1) is 22.0. The number of nitrogens with one attached hydrogen (secondary N) is 1. The van der Waals surface area contributed by atoms with Crippen LogP contribution >= 0.6 is 0 Å². The van der Waals surface area contributed by atoms with E-state index in [0.717, 1.165) is 11.8 Å². The monoisotopic (exact) mass is 439 g/mol. The Morgan fingerprint density at radius 3 is 2.32 bits per heavy atom. The number of nitro benzene ring substituents is 1. The van der Waals surface area contributed by atoms with E-state index in [0.29, 0.717) is 22.5 Å². The molecule has 160 valence electrons. The molecule has 31 heavy (non-hydrogen) atoms. The van der Waals surface area contributed by atoms with Crippen LogP contribution in [-0.4, -0.2) is 25.5 Å². The number of sulfonamides is 1. The summed E-state index contributed by atoms with van der Waals surface area (Å²) in [4.78, 5) is 22.8. The number of nitro groups is 1. The summed E-state index contributed by atoms with van der Waals surface area (Å²) < 4.78 is 25.9. The molecule has 9 heteroatoms. The van der Waals surface area contributed by atoms with E-state index in [9.17, 15) is 23.3 Å². The van der Waals surface area contributed by atoms with E-state index >= 15 is 0 Å². The molecule has 0 aliphatic heterocycles. The Bertz CT molecular complexity index is 1220. The van der Waals surface area contributed by atoms with Gasteiger partial charge in [-0.15, -0.1) is 0 Å². The quantitative estimate of drug-likeness (QED) is 0.440. The third-order valence-corrected chi connectivity index (χ3v) is 5.69.